The SMILES string of the molecule is CNC(=O)c1ccc(C2CCCCN2CC(=O)NCc2ccco2)n1C. The number of carbonyl (C=O) groups is 2. The second kappa shape index (κ2) is 8.23. The van der Waals surface area contributed by atoms with Crippen molar-refractivity contribution in [3.63, 3.8) is 0 Å². The molecule has 0 aromatic carbocycles. The number of furan rings is 1. The fourth-order valence-corrected chi connectivity index (χ4v) is 3.57. The van der Waals surface area contributed by atoms with Gasteiger partial charge >= 0.3 is 0 Å². The highest BCUT2D eigenvalue weighted by atomic mass is 16.3. The molecular formula is C19H26N4O3. The average Bonchev–Trinajstić information content (AvgIpc) is 3.29. The smallest absolute Gasteiger partial charge is 0.267 e. The van der Waals surface area contributed by atoms with Gasteiger partial charge in [0.1, 0.15) is 11.5 Å². The first kappa shape index (κ1) is 18.3. The molecule has 0 spiro atoms. The van der Waals surface area contributed by atoms with Gasteiger partial charge in [0.15, 0.2) is 0 Å². The van der Waals surface area contributed by atoms with Gasteiger partial charge in [0, 0.05) is 19.8 Å². The number of nitrogens with zero attached hydrogens (tertiary/aromatic N) is 2. The van der Waals surface area contributed by atoms with Gasteiger partial charge in [-0.1, -0.05) is 6.42 Å². The molecule has 1 fully saturated rings. The summed E-state index contributed by atoms with van der Waals surface area (Å²) in [6, 6.07) is 7.63. The molecule has 7 nitrogen and oxygen atoms in total. The van der Waals surface area contributed by atoms with Crippen LogP contribution in [0.1, 0.15) is 47.2 Å². The molecule has 140 valence electrons. The van der Waals surface area contributed by atoms with E-state index in [1.54, 1.807) is 13.3 Å². The summed E-state index contributed by atoms with van der Waals surface area (Å²) in [4.78, 5) is 26.5. The third kappa shape index (κ3) is 3.99. The summed E-state index contributed by atoms with van der Waals surface area (Å²) in [5.41, 5.74) is 1.71. The summed E-state index contributed by atoms with van der Waals surface area (Å²) in [6.07, 6.45) is 4.78. The molecule has 0 aliphatic carbocycles. The highest BCUT2D eigenvalue weighted by Crippen LogP contribution is 2.31. The maximum atomic E-state index is 12.4. The largest absolute Gasteiger partial charge is 0.467 e. The number of carbonyl (C=O) groups excluding carboxylic acids is 2. The van der Waals surface area contributed by atoms with E-state index in [0.717, 1.165) is 37.3 Å². The Bertz CT molecular complexity index is 751. The van der Waals surface area contributed by atoms with E-state index >= 15 is 0 Å². The minimum absolute atomic E-state index is 0.0194. The van der Waals surface area contributed by atoms with E-state index in [1.807, 2.05) is 35.9 Å². The molecule has 0 saturated carbocycles. The van der Waals surface area contributed by atoms with Crippen LogP contribution in [0.5, 0.6) is 0 Å². The van der Waals surface area contributed by atoms with Gasteiger partial charge in [-0.3, -0.25) is 14.5 Å². The number of aromatic nitrogens is 1. The van der Waals surface area contributed by atoms with E-state index in [1.165, 1.54) is 0 Å². The average molecular weight is 358 g/mol. The third-order valence-electron chi connectivity index (χ3n) is 4.96. The Morgan fingerprint density at radius 1 is 1.27 bits per heavy atom. The van der Waals surface area contributed by atoms with Crippen molar-refractivity contribution in [3.8, 4) is 0 Å². The molecule has 2 N–H and O–H groups in total. The van der Waals surface area contributed by atoms with E-state index in [9.17, 15) is 9.59 Å². The maximum Gasteiger partial charge on any atom is 0.267 e. The predicted molar refractivity (Wildman–Crippen MR) is 97.5 cm³/mol. The third-order valence-corrected chi connectivity index (χ3v) is 4.96. The number of rotatable bonds is 6. The summed E-state index contributed by atoms with van der Waals surface area (Å²) < 4.78 is 7.18. The lowest BCUT2D eigenvalue weighted by Crippen LogP contribution is -2.42. The Labute approximate surface area is 153 Å². The minimum Gasteiger partial charge on any atom is -0.467 e. The van der Waals surface area contributed by atoms with Crippen molar-refractivity contribution in [2.75, 3.05) is 20.1 Å². The highest BCUT2D eigenvalue weighted by molar-refractivity contribution is 5.92. The second-order valence-corrected chi connectivity index (χ2v) is 6.62. The zero-order valence-corrected chi connectivity index (χ0v) is 15.3. The molecule has 0 radical (unpaired) electrons. The van der Waals surface area contributed by atoms with Gasteiger partial charge in [0.2, 0.25) is 5.91 Å². The molecule has 1 saturated heterocycles. The van der Waals surface area contributed by atoms with E-state index in [2.05, 4.69) is 15.5 Å². The zero-order chi connectivity index (χ0) is 18.5. The Hall–Kier alpha value is -2.54. The molecule has 1 aliphatic heterocycles. The molecule has 1 aliphatic rings. The molecule has 0 bridgehead atoms. The Morgan fingerprint density at radius 3 is 2.85 bits per heavy atom. The van der Waals surface area contributed by atoms with Crippen molar-refractivity contribution in [1.82, 2.24) is 20.1 Å². The lowest BCUT2D eigenvalue weighted by atomic mass is 9.99. The monoisotopic (exact) mass is 358 g/mol. The molecule has 3 rings (SSSR count). The number of amides is 2. The van der Waals surface area contributed by atoms with E-state index < -0.39 is 0 Å². The number of hydrogen-bond acceptors (Lipinski definition) is 4. The topological polar surface area (TPSA) is 79.5 Å². The second-order valence-electron chi connectivity index (χ2n) is 6.62. The lowest BCUT2D eigenvalue weighted by molar-refractivity contribution is -0.123. The van der Waals surface area contributed by atoms with Gasteiger partial charge in [0.05, 0.1) is 25.4 Å². The van der Waals surface area contributed by atoms with Crippen LogP contribution < -0.4 is 10.6 Å². The lowest BCUT2D eigenvalue weighted by Gasteiger charge is -2.35. The van der Waals surface area contributed by atoms with Crippen LogP contribution >= 0.6 is 0 Å². The summed E-state index contributed by atoms with van der Waals surface area (Å²) in [6.45, 7) is 1.61. The van der Waals surface area contributed by atoms with E-state index in [4.69, 9.17) is 4.42 Å². The van der Waals surface area contributed by atoms with Gasteiger partial charge in [-0.2, -0.15) is 0 Å². The van der Waals surface area contributed by atoms with Gasteiger partial charge in [-0.25, -0.2) is 0 Å². The van der Waals surface area contributed by atoms with E-state index in [0.29, 0.717) is 18.8 Å². The van der Waals surface area contributed by atoms with Crippen molar-refractivity contribution in [2.24, 2.45) is 7.05 Å². The standard InChI is InChI=1S/C19H26N4O3/c1-20-19(25)17-9-8-15(22(17)2)16-7-3-4-10-23(16)13-18(24)21-12-14-6-5-11-26-14/h5-6,8-9,11,16H,3-4,7,10,12-13H2,1-2H3,(H,20,25)(H,21,24). The fourth-order valence-electron chi connectivity index (χ4n) is 3.57. The quantitative estimate of drug-likeness (QED) is 0.826. The Kier molecular flexibility index (Phi) is 5.78. The van der Waals surface area contributed by atoms with Gasteiger partial charge < -0.3 is 19.6 Å². The molecule has 1 unspecified atom stereocenters. The van der Waals surface area contributed by atoms with Crippen LogP contribution in [0.3, 0.4) is 0 Å². The first-order valence-electron chi connectivity index (χ1n) is 9.01. The van der Waals surface area contributed by atoms with Crippen LogP contribution in [0, 0.1) is 0 Å². The highest BCUT2D eigenvalue weighted by Gasteiger charge is 2.28. The summed E-state index contributed by atoms with van der Waals surface area (Å²) in [5.74, 6) is 0.623. The van der Waals surface area contributed by atoms with Crippen molar-refractivity contribution in [1.29, 1.82) is 0 Å². The van der Waals surface area contributed by atoms with Crippen molar-refractivity contribution in [3.05, 3.63) is 47.7 Å². The van der Waals surface area contributed by atoms with Crippen molar-refractivity contribution >= 4 is 11.8 Å². The first-order valence-corrected chi connectivity index (χ1v) is 9.01. The van der Waals surface area contributed by atoms with Crippen LogP contribution in [0.15, 0.2) is 34.9 Å². The van der Waals surface area contributed by atoms with E-state index in [-0.39, 0.29) is 17.9 Å². The van der Waals surface area contributed by atoms with Gasteiger partial charge in [-0.15, -0.1) is 0 Å². The van der Waals surface area contributed by atoms with Crippen LogP contribution in [0.25, 0.3) is 0 Å². The summed E-state index contributed by atoms with van der Waals surface area (Å²) in [7, 11) is 3.54. The van der Waals surface area contributed by atoms with Crippen LogP contribution in [0.2, 0.25) is 0 Å². The molecule has 1 atom stereocenters. The molecule has 7 heteroatoms. The maximum absolute atomic E-state index is 12.4. The Morgan fingerprint density at radius 2 is 2.12 bits per heavy atom. The van der Waals surface area contributed by atoms with Crippen LogP contribution in [0.4, 0.5) is 0 Å². The molecule has 26 heavy (non-hydrogen) atoms. The molecule has 2 aromatic rings. The van der Waals surface area contributed by atoms with Gasteiger partial charge in [-0.05, 0) is 43.7 Å². The molecule has 2 amide bonds. The van der Waals surface area contributed by atoms with Crippen molar-refractivity contribution < 1.29 is 14.0 Å². The normalized spacial score (nSPS) is 17.8. The van der Waals surface area contributed by atoms with Gasteiger partial charge in [0.25, 0.3) is 5.91 Å². The fraction of sp³-hybridized carbons (Fsp3) is 0.474. The zero-order valence-electron chi connectivity index (χ0n) is 15.3. The number of hydrogen-bond donors (Lipinski definition) is 2. The number of piperidine rings is 1. The predicted octanol–water partition coefficient (Wildman–Crippen LogP) is 1.82. The van der Waals surface area contributed by atoms with Crippen molar-refractivity contribution in [2.45, 2.75) is 31.8 Å². The number of nitrogens with one attached hydrogen (secondary N) is 2. The summed E-state index contributed by atoms with van der Waals surface area (Å²) >= 11 is 0. The van der Waals surface area contributed by atoms with Crippen LogP contribution in [-0.2, 0) is 18.4 Å². The number of likely N-dealkylation sites (tertiary alicyclic amines) is 1. The minimum atomic E-state index is -0.0997. The molecule has 3 heterocycles. The first-order chi connectivity index (χ1) is 12.6. The molecular weight excluding hydrogens is 332 g/mol. The summed E-state index contributed by atoms with van der Waals surface area (Å²) in [5, 5.41) is 5.57. The molecule has 2 aromatic heterocycles. The van der Waals surface area contributed by atoms with Crippen LogP contribution in [-0.4, -0.2) is 41.4 Å². The Balaban J connectivity index is 1.67.